The first-order valence-electron chi connectivity index (χ1n) is 7.81. The van der Waals surface area contributed by atoms with E-state index in [-0.39, 0.29) is 24.4 Å². The van der Waals surface area contributed by atoms with Crippen molar-refractivity contribution in [3.8, 4) is 0 Å². The molecular weight excluding hydrogens is 304 g/mol. The lowest BCUT2D eigenvalue weighted by atomic mass is 9.90. The largest absolute Gasteiger partial charge is 0.334 e. The Labute approximate surface area is 137 Å². The Hall–Kier alpha value is -0.580. The van der Waals surface area contributed by atoms with E-state index in [1.807, 2.05) is 4.90 Å². The molecule has 2 heterocycles. The summed E-state index contributed by atoms with van der Waals surface area (Å²) in [6.07, 6.45) is 6.89. The van der Waals surface area contributed by atoms with Crippen LogP contribution >= 0.6 is 23.7 Å². The van der Waals surface area contributed by atoms with Gasteiger partial charge in [-0.2, -0.15) is 0 Å². The van der Waals surface area contributed by atoms with Crippen molar-refractivity contribution >= 4 is 29.7 Å². The minimum atomic E-state index is 0. The molecule has 1 aliphatic heterocycles. The van der Waals surface area contributed by atoms with Crippen molar-refractivity contribution in [2.24, 2.45) is 11.7 Å². The first-order valence-corrected chi connectivity index (χ1v) is 8.69. The third kappa shape index (κ3) is 3.27. The van der Waals surface area contributed by atoms with Crippen molar-refractivity contribution in [1.29, 1.82) is 0 Å². The van der Waals surface area contributed by atoms with Gasteiger partial charge in [0, 0.05) is 29.4 Å². The first kappa shape index (κ1) is 16.8. The highest BCUT2D eigenvalue weighted by atomic mass is 35.5. The lowest BCUT2D eigenvalue weighted by molar-refractivity contribution is 0.0573. The minimum Gasteiger partial charge on any atom is -0.334 e. The number of thiophene rings is 1. The van der Waals surface area contributed by atoms with E-state index in [2.05, 4.69) is 12.3 Å². The third-order valence-electron chi connectivity index (χ3n) is 4.80. The lowest BCUT2D eigenvalue weighted by Gasteiger charge is -2.38. The molecule has 0 spiro atoms. The second-order valence-electron chi connectivity index (χ2n) is 6.28. The zero-order valence-corrected chi connectivity index (χ0v) is 14.3. The van der Waals surface area contributed by atoms with Crippen LogP contribution in [0.5, 0.6) is 0 Å². The number of rotatable bonds is 2. The van der Waals surface area contributed by atoms with Crippen LogP contribution in [0.1, 0.15) is 53.4 Å². The van der Waals surface area contributed by atoms with E-state index in [4.69, 9.17) is 5.73 Å². The van der Waals surface area contributed by atoms with E-state index in [0.29, 0.717) is 12.5 Å². The molecule has 118 valence electrons. The summed E-state index contributed by atoms with van der Waals surface area (Å²) in [5.41, 5.74) is 8.20. The molecule has 0 bridgehead atoms. The highest BCUT2D eigenvalue weighted by Gasteiger charge is 2.31. The predicted molar refractivity (Wildman–Crippen MR) is 90.5 cm³/mol. The van der Waals surface area contributed by atoms with Gasteiger partial charge in [0.15, 0.2) is 0 Å². The van der Waals surface area contributed by atoms with E-state index in [9.17, 15) is 4.79 Å². The Morgan fingerprint density at radius 1 is 1.43 bits per heavy atom. The van der Waals surface area contributed by atoms with Crippen molar-refractivity contribution in [2.75, 3.05) is 13.1 Å². The van der Waals surface area contributed by atoms with Crippen LogP contribution in [0.4, 0.5) is 0 Å². The summed E-state index contributed by atoms with van der Waals surface area (Å²) in [6.45, 7) is 3.71. The van der Waals surface area contributed by atoms with E-state index < -0.39 is 0 Å². The quantitative estimate of drug-likeness (QED) is 0.905. The van der Waals surface area contributed by atoms with Crippen LogP contribution in [0.3, 0.4) is 0 Å². The molecule has 0 saturated carbocycles. The second-order valence-corrected chi connectivity index (χ2v) is 7.24. The van der Waals surface area contributed by atoms with E-state index in [1.165, 1.54) is 23.3 Å². The van der Waals surface area contributed by atoms with Gasteiger partial charge in [0.2, 0.25) is 0 Å². The van der Waals surface area contributed by atoms with Crippen LogP contribution in [0.25, 0.3) is 0 Å². The Morgan fingerprint density at radius 2 is 2.19 bits per heavy atom. The van der Waals surface area contributed by atoms with Crippen molar-refractivity contribution in [2.45, 2.75) is 51.5 Å². The zero-order valence-electron chi connectivity index (χ0n) is 12.6. The summed E-state index contributed by atoms with van der Waals surface area (Å²) in [5, 5.41) is 2.09. The number of hydrogen-bond donors (Lipinski definition) is 1. The Morgan fingerprint density at radius 3 is 2.95 bits per heavy atom. The number of aryl methyl sites for hydroxylation is 1. The number of amides is 1. The molecule has 3 nitrogen and oxygen atoms in total. The van der Waals surface area contributed by atoms with Crippen LogP contribution in [-0.2, 0) is 12.8 Å². The Balaban J connectivity index is 0.00000161. The average molecular weight is 329 g/mol. The van der Waals surface area contributed by atoms with Crippen molar-refractivity contribution in [1.82, 2.24) is 4.90 Å². The molecule has 2 aliphatic rings. The van der Waals surface area contributed by atoms with Crippen LogP contribution in [0, 0.1) is 5.92 Å². The van der Waals surface area contributed by atoms with E-state index >= 15 is 0 Å². The van der Waals surface area contributed by atoms with Gasteiger partial charge in [0.1, 0.15) is 0 Å². The normalized spacial score (nSPS) is 25.1. The molecule has 0 aromatic carbocycles. The number of nitrogens with zero attached hydrogens (tertiary/aromatic N) is 1. The number of fused-ring (bicyclic) bond motifs is 1. The van der Waals surface area contributed by atoms with E-state index in [1.54, 1.807) is 11.3 Å². The van der Waals surface area contributed by atoms with Gasteiger partial charge in [-0.1, -0.05) is 6.92 Å². The molecule has 1 fully saturated rings. The number of likely N-dealkylation sites (tertiary alicyclic amines) is 1. The molecule has 1 aliphatic carbocycles. The molecule has 1 amide bonds. The van der Waals surface area contributed by atoms with Gasteiger partial charge in [0.25, 0.3) is 5.91 Å². The number of hydrogen-bond acceptors (Lipinski definition) is 3. The molecule has 5 heteroatoms. The second kappa shape index (κ2) is 7.12. The number of carbonyl (C=O) groups excluding carboxylic acids is 1. The summed E-state index contributed by atoms with van der Waals surface area (Å²) in [6, 6.07) is 0.227. The molecule has 21 heavy (non-hydrogen) atoms. The zero-order chi connectivity index (χ0) is 14.1. The summed E-state index contributed by atoms with van der Waals surface area (Å²) >= 11 is 1.77. The summed E-state index contributed by atoms with van der Waals surface area (Å²) in [5.74, 6) is 0.913. The van der Waals surface area contributed by atoms with Gasteiger partial charge in [-0.05, 0) is 50.0 Å². The van der Waals surface area contributed by atoms with Gasteiger partial charge in [0.05, 0.1) is 5.56 Å². The van der Waals surface area contributed by atoms with Crippen molar-refractivity contribution < 1.29 is 4.79 Å². The smallest absolute Gasteiger partial charge is 0.255 e. The SMILES string of the molecule is CC1CCN(C(=O)c2csc3c2CCCC3)C(CN)C1.Cl. The Bertz CT molecular complexity index is 502. The van der Waals surface area contributed by atoms with Crippen molar-refractivity contribution in [3.05, 3.63) is 21.4 Å². The fourth-order valence-electron chi connectivity index (χ4n) is 3.57. The maximum absolute atomic E-state index is 12.9. The predicted octanol–water partition coefficient (Wildman–Crippen LogP) is 3.25. The maximum Gasteiger partial charge on any atom is 0.255 e. The number of nitrogens with two attached hydrogens (primary N) is 1. The third-order valence-corrected chi connectivity index (χ3v) is 5.89. The van der Waals surface area contributed by atoms with Crippen molar-refractivity contribution in [3.63, 3.8) is 0 Å². The van der Waals surface area contributed by atoms with Crippen LogP contribution in [-0.4, -0.2) is 29.9 Å². The summed E-state index contributed by atoms with van der Waals surface area (Å²) < 4.78 is 0. The van der Waals surface area contributed by atoms with Gasteiger partial charge < -0.3 is 10.6 Å². The van der Waals surface area contributed by atoms with Gasteiger partial charge in [-0.3, -0.25) is 4.79 Å². The van der Waals surface area contributed by atoms with Crippen LogP contribution in [0.15, 0.2) is 5.38 Å². The molecule has 3 rings (SSSR count). The fraction of sp³-hybridized carbons (Fsp3) is 0.688. The number of piperidine rings is 1. The van der Waals surface area contributed by atoms with Gasteiger partial charge >= 0.3 is 0 Å². The highest BCUT2D eigenvalue weighted by Crippen LogP contribution is 2.32. The Kier molecular flexibility index (Phi) is 5.69. The van der Waals surface area contributed by atoms with Gasteiger partial charge in [-0.25, -0.2) is 0 Å². The monoisotopic (exact) mass is 328 g/mol. The lowest BCUT2D eigenvalue weighted by Crippen LogP contribution is -2.49. The minimum absolute atomic E-state index is 0. The number of carbonyl (C=O) groups is 1. The number of halogens is 1. The van der Waals surface area contributed by atoms with Crippen LogP contribution in [0.2, 0.25) is 0 Å². The van der Waals surface area contributed by atoms with Gasteiger partial charge in [-0.15, -0.1) is 23.7 Å². The molecule has 0 radical (unpaired) electrons. The molecule has 1 aromatic rings. The topological polar surface area (TPSA) is 46.3 Å². The average Bonchev–Trinajstić information content (AvgIpc) is 2.90. The summed E-state index contributed by atoms with van der Waals surface area (Å²) in [7, 11) is 0. The fourth-order valence-corrected chi connectivity index (χ4v) is 4.69. The highest BCUT2D eigenvalue weighted by molar-refractivity contribution is 7.10. The van der Waals surface area contributed by atoms with E-state index in [0.717, 1.165) is 37.8 Å². The maximum atomic E-state index is 12.9. The van der Waals surface area contributed by atoms with Crippen LogP contribution < -0.4 is 5.73 Å². The molecule has 2 unspecified atom stereocenters. The standard InChI is InChI=1S/C16H24N2OS.ClH/c1-11-6-7-18(12(8-11)9-17)16(19)14-10-20-15-5-3-2-4-13(14)15;/h10-12H,2-9,17H2,1H3;1H. The molecule has 1 aromatic heterocycles. The molecular formula is C16H25ClN2OS. The molecule has 2 atom stereocenters. The summed E-state index contributed by atoms with van der Waals surface area (Å²) in [4.78, 5) is 16.4. The first-order chi connectivity index (χ1) is 9.70. The molecule has 2 N–H and O–H groups in total. The molecule has 1 saturated heterocycles.